The van der Waals surface area contributed by atoms with E-state index in [0.717, 1.165) is 0 Å². The van der Waals surface area contributed by atoms with Gasteiger partial charge < -0.3 is 46.6 Å². The topological polar surface area (TPSA) is 212 Å². The molecule has 0 aliphatic heterocycles. The van der Waals surface area contributed by atoms with Gasteiger partial charge in [0, 0.05) is 39.3 Å². The van der Waals surface area contributed by atoms with Crippen molar-refractivity contribution in [3.05, 3.63) is 72.9 Å². The molecular formula is C27H36N4O9. The van der Waals surface area contributed by atoms with E-state index in [4.69, 9.17) is 0 Å². The Hall–Kier alpha value is -3.43. The van der Waals surface area contributed by atoms with Gasteiger partial charge in [0.2, 0.25) is 0 Å². The van der Waals surface area contributed by atoms with Crippen molar-refractivity contribution in [2.45, 2.75) is 35.1 Å². The monoisotopic (exact) mass is 560 g/mol. The molecule has 0 saturated heterocycles. The van der Waals surface area contributed by atoms with Crippen LogP contribution in [0, 0.1) is 0 Å². The van der Waals surface area contributed by atoms with Crippen LogP contribution in [-0.4, -0.2) is 128 Å². The minimum Gasteiger partial charge on any atom is -0.385 e. The summed E-state index contributed by atoms with van der Waals surface area (Å²) in [7, 11) is 0. The summed E-state index contributed by atoms with van der Waals surface area (Å²) in [5.41, 5.74) is -6.38. The van der Waals surface area contributed by atoms with Gasteiger partial charge in [0.15, 0.2) is 16.8 Å². The molecule has 0 aromatic carbocycles. The Kier molecular flexibility index (Phi) is 10.3. The summed E-state index contributed by atoms with van der Waals surface area (Å²) in [6.45, 7) is 0.649. The van der Waals surface area contributed by atoms with Gasteiger partial charge in [-0.25, -0.2) is 0 Å². The number of rotatable bonds is 12. The van der Waals surface area contributed by atoms with E-state index in [9.17, 15) is 45.0 Å². The highest BCUT2D eigenvalue weighted by molar-refractivity contribution is 5.89. The second kappa shape index (κ2) is 13.3. The maximum Gasteiger partial charge on any atom is 0.259 e. The van der Waals surface area contributed by atoms with Gasteiger partial charge in [-0.05, 0) is 18.2 Å². The molecule has 0 radical (unpaired) electrons. The highest BCUT2D eigenvalue weighted by Gasteiger charge is 2.42. The first-order valence-electron chi connectivity index (χ1n) is 12.8. The summed E-state index contributed by atoms with van der Waals surface area (Å²) >= 11 is 0. The Labute approximate surface area is 231 Å². The summed E-state index contributed by atoms with van der Waals surface area (Å²) < 4.78 is 0. The maximum atomic E-state index is 12.5. The third kappa shape index (κ3) is 7.01. The van der Waals surface area contributed by atoms with Crippen molar-refractivity contribution in [2.75, 3.05) is 39.3 Å². The average molecular weight is 561 g/mol. The minimum absolute atomic E-state index is 0.0275. The number of carbonyl (C=O) groups excluding carboxylic acids is 3. The lowest BCUT2D eigenvalue weighted by Gasteiger charge is -2.31. The summed E-state index contributed by atoms with van der Waals surface area (Å²) in [4.78, 5) is 39.3. The smallest absolute Gasteiger partial charge is 0.259 e. The molecule has 6 unspecified atom stereocenters. The Morgan fingerprint density at radius 1 is 0.550 bits per heavy atom. The molecule has 0 aromatic rings. The van der Waals surface area contributed by atoms with E-state index in [-0.39, 0.29) is 39.3 Å². The Balaban J connectivity index is 1.55. The van der Waals surface area contributed by atoms with Crippen LogP contribution in [0.1, 0.15) is 0 Å². The molecule has 0 fully saturated rings. The standard InChI is InChI=1S/C27H36N4O9/c32-19-7-1-4-10-25(19,38)22(35)28-13-16-31(17-14-29-23(36)26(39)11-5-2-8-20(26)33)18-15-30-24(37)27(40)12-6-3-9-21(27)34/h1-12,19-21,32-34,38-40H,13-18H2,(H,28,35)(H,29,36)(H,30,37). The number of aliphatic hydroxyl groups excluding tert-OH is 3. The quantitative estimate of drug-likeness (QED) is 0.114. The second-order valence-electron chi connectivity index (χ2n) is 9.65. The predicted octanol–water partition coefficient (Wildman–Crippen LogP) is -3.71. The van der Waals surface area contributed by atoms with E-state index in [1.807, 2.05) is 0 Å². The van der Waals surface area contributed by atoms with E-state index < -0.39 is 52.8 Å². The van der Waals surface area contributed by atoms with Gasteiger partial charge >= 0.3 is 0 Å². The molecule has 0 heterocycles. The fourth-order valence-electron chi connectivity index (χ4n) is 4.22. The highest BCUT2D eigenvalue weighted by atomic mass is 16.4. The fraction of sp³-hybridized carbons (Fsp3) is 0.444. The zero-order chi connectivity index (χ0) is 29.4. The van der Waals surface area contributed by atoms with Crippen molar-refractivity contribution in [3.63, 3.8) is 0 Å². The van der Waals surface area contributed by atoms with Crippen molar-refractivity contribution < 1.29 is 45.0 Å². The first kappa shape index (κ1) is 31.1. The number of nitrogens with one attached hydrogen (secondary N) is 3. The zero-order valence-corrected chi connectivity index (χ0v) is 21.8. The van der Waals surface area contributed by atoms with Crippen LogP contribution in [-0.2, 0) is 14.4 Å². The number of amides is 3. The molecule has 9 N–H and O–H groups in total. The number of carbonyl (C=O) groups is 3. The van der Waals surface area contributed by atoms with Crippen molar-refractivity contribution >= 4 is 17.7 Å². The molecule has 40 heavy (non-hydrogen) atoms. The lowest BCUT2D eigenvalue weighted by atomic mass is 9.91. The molecule has 0 spiro atoms. The first-order chi connectivity index (χ1) is 18.9. The molecule has 3 aliphatic rings. The Morgan fingerprint density at radius 3 is 1.07 bits per heavy atom. The van der Waals surface area contributed by atoms with Gasteiger partial charge in [-0.3, -0.25) is 19.3 Å². The average Bonchev–Trinajstić information content (AvgIpc) is 2.93. The number of aliphatic hydroxyl groups is 6. The third-order valence-electron chi connectivity index (χ3n) is 6.85. The number of nitrogens with zero attached hydrogens (tertiary/aromatic N) is 1. The van der Waals surface area contributed by atoms with E-state index in [1.54, 1.807) is 4.90 Å². The zero-order valence-electron chi connectivity index (χ0n) is 21.8. The van der Waals surface area contributed by atoms with Crippen LogP contribution >= 0.6 is 0 Å². The van der Waals surface area contributed by atoms with Crippen LogP contribution < -0.4 is 16.0 Å². The van der Waals surface area contributed by atoms with Crippen LogP contribution in [0.15, 0.2) is 72.9 Å². The summed E-state index contributed by atoms with van der Waals surface area (Å²) in [5, 5.41) is 69.2. The minimum atomic E-state index is -2.13. The normalized spacial score (nSPS) is 32.3. The van der Waals surface area contributed by atoms with E-state index in [2.05, 4.69) is 16.0 Å². The second-order valence-corrected chi connectivity index (χ2v) is 9.65. The molecule has 6 atom stereocenters. The van der Waals surface area contributed by atoms with Gasteiger partial charge in [-0.1, -0.05) is 54.7 Å². The van der Waals surface area contributed by atoms with Gasteiger partial charge in [0.05, 0.1) is 0 Å². The lowest BCUT2D eigenvalue weighted by molar-refractivity contribution is -0.142. The number of hydrogen-bond acceptors (Lipinski definition) is 10. The Morgan fingerprint density at radius 2 is 0.825 bits per heavy atom. The van der Waals surface area contributed by atoms with E-state index >= 15 is 0 Å². The van der Waals surface area contributed by atoms with Gasteiger partial charge in [-0.15, -0.1) is 0 Å². The van der Waals surface area contributed by atoms with Crippen LogP contribution in [0.25, 0.3) is 0 Å². The Bertz CT molecular complexity index is 995. The number of hydrogen-bond donors (Lipinski definition) is 9. The number of allylic oxidation sites excluding steroid dienone is 6. The predicted molar refractivity (Wildman–Crippen MR) is 143 cm³/mol. The van der Waals surface area contributed by atoms with Crippen LogP contribution in [0.5, 0.6) is 0 Å². The molecule has 3 aliphatic carbocycles. The lowest BCUT2D eigenvalue weighted by Crippen LogP contribution is -2.56. The molecule has 218 valence electrons. The molecule has 13 nitrogen and oxygen atoms in total. The van der Waals surface area contributed by atoms with E-state index in [1.165, 1.54) is 72.9 Å². The van der Waals surface area contributed by atoms with Crippen molar-refractivity contribution in [2.24, 2.45) is 0 Å². The molecule has 3 amide bonds. The summed E-state index contributed by atoms with van der Waals surface area (Å²) in [5.74, 6) is -2.45. The highest BCUT2D eigenvalue weighted by Crippen LogP contribution is 2.20. The third-order valence-corrected chi connectivity index (χ3v) is 6.85. The first-order valence-corrected chi connectivity index (χ1v) is 12.8. The van der Waals surface area contributed by atoms with Crippen LogP contribution in [0.2, 0.25) is 0 Å². The maximum absolute atomic E-state index is 12.5. The van der Waals surface area contributed by atoms with Gasteiger partial charge in [0.1, 0.15) is 18.3 Å². The SMILES string of the molecule is O=C(NCCN(CCNC(=O)C1(O)C=CC=CC1O)CCNC(=O)C1(O)C=CC=CC1O)C1(O)C=CC=CC1O. The fourth-order valence-corrected chi connectivity index (χ4v) is 4.22. The summed E-state index contributed by atoms with van der Waals surface area (Å²) in [6, 6.07) is 0. The molecular weight excluding hydrogens is 524 g/mol. The largest absolute Gasteiger partial charge is 0.385 e. The van der Waals surface area contributed by atoms with Crippen molar-refractivity contribution in [1.82, 2.24) is 20.9 Å². The molecule has 0 bridgehead atoms. The summed E-state index contributed by atoms with van der Waals surface area (Å²) in [6.07, 6.45) is 11.9. The molecule has 3 rings (SSSR count). The van der Waals surface area contributed by atoms with Crippen molar-refractivity contribution in [3.8, 4) is 0 Å². The van der Waals surface area contributed by atoms with Gasteiger partial charge in [-0.2, -0.15) is 0 Å². The van der Waals surface area contributed by atoms with Crippen LogP contribution in [0.4, 0.5) is 0 Å². The van der Waals surface area contributed by atoms with Crippen LogP contribution in [0.3, 0.4) is 0 Å². The van der Waals surface area contributed by atoms with Gasteiger partial charge in [0.25, 0.3) is 17.7 Å². The van der Waals surface area contributed by atoms with E-state index in [0.29, 0.717) is 0 Å². The molecule has 0 saturated carbocycles. The molecule has 0 aromatic heterocycles. The molecule has 13 heteroatoms. The van der Waals surface area contributed by atoms with Crippen molar-refractivity contribution in [1.29, 1.82) is 0 Å².